The van der Waals surface area contributed by atoms with Crippen molar-refractivity contribution in [2.24, 2.45) is 0 Å². The molecule has 0 spiro atoms. The van der Waals surface area contributed by atoms with E-state index in [-0.39, 0.29) is 11.8 Å². The number of phenolic OH excluding ortho intramolecular Hbond substituents is 1. The van der Waals surface area contributed by atoms with Gasteiger partial charge in [0.15, 0.2) is 0 Å². The number of hydrogen-bond donors (Lipinski definition) is 1. The Morgan fingerprint density at radius 2 is 1.61 bits per heavy atom. The predicted octanol–water partition coefficient (Wildman–Crippen LogP) is 6.51. The summed E-state index contributed by atoms with van der Waals surface area (Å²) in [5.41, 5.74) is 5.05. The second kappa shape index (κ2) is 10.4. The van der Waals surface area contributed by atoms with Gasteiger partial charge in [-0.2, -0.15) is 0 Å². The number of phenols is 1. The lowest BCUT2D eigenvalue weighted by molar-refractivity contribution is 0.225. The summed E-state index contributed by atoms with van der Waals surface area (Å²) in [4.78, 5) is 2.63. The number of unbranched alkanes of at least 4 members (excludes halogenated alkanes) is 1. The average Bonchev–Trinajstić information content (AvgIpc) is 2.87. The van der Waals surface area contributed by atoms with E-state index in [1.54, 1.807) is 6.07 Å². The van der Waals surface area contributed by atoms with Crippen LogP contribution in [0.3, 0.4) is 0 Å². The van der Waals surface area contributed by atoms with Gasteiger partial charge in [-0.15, -0.1) is 0 Å². The lowest BCUT2D eigenvalue weighted by Crippen LogP contribution is -2.30. The van der Waals surface area contributed by atoms with Crippen LogP contribution < -0.4 is 4.74 Å². The van der Waals surface area contributed by atoms with E-state index in [9.17, 15) is 5.11 Å². The van der Waals surface area contributed by atoms with Crippen LogP contribution in [0.2, 0.25) is 0 Å². The number of ether oxygens (including phenoxy) is 1. The molecule has 0 aliphatic carbocycles. The van der Waals surface area contributed by atoms with Crippen molar-refractivity contribution in [1.29, 1.82) is 0 Å². The zero-order valence-electron chi connectivity index (χ0n) is 19.5. The number of aromatic hydroxyl groups is 1. The topological polar surface area (TPSA) is 32.7 Å². The molecule has 3 heteroatoms. The Morgan fingerprint density at radius 3 is 2.39 bits per heavy atom. The Bertz CT molecular complexity index is 1020. The first-order valence-electron chi connectivity index (χ1n) is 12.6. The third-order valence-electron chi connectivity index (χ3n) is 7.35. The number of benzene rings is 3. The zero-order chi connectivity index (χ0) is 22.5. The van der Waals surface area contributed by atoms with Gasteiger partial charge in [0.2, 0.25) is 0 Å². The number of piperidine rings is 1. The van der Waals surface area contributed by atoms with E-state index in [1.807, 2.05) is 12.1 Å². The van der Waals surface area contributed by atoms with Crippen LogP contribution in [0, 0.1) is 0 Å². The van der Waals surface area contributed by atoms with Crippen molar-refractivity contribution in [1.82, 2.24) is 4.90 Å². The maximum Gasteiger partial charge on any atom is 0.123 e. The van der Waals surface area contributed by atoms with E-state index in [0.717, 1.165) is 17.7 Å². The molecule has 33 heavy (non-hydrogen) atoms. The van der Waals surface area contributed by atoms with Gasteiger partial charge in [0, 0.05) is 17.4 Å². The molecule has 2 aliphatic heterocycles. The fraction of sp³-hybridized carbons (Fsp3) is 0.400. The van der Waals surface area contributed by atoms with Gasteiger partial charge < -0.3 is 14.7 Å². The van der Waals surface area contributed by atoms with Crippen molar-refractivity contribution in [3.63, 3.8) is 0 Å². The Morgan fingerprint density at radius 1 is 0.818 bits per heavy atom. The molecule has 2 heterocycles. The van der Waals surface area contributed by atoms with Crippen LogP contribution in [-0.2, 0) is 6.42 Å². The van der Waals surface area contributed by atoms with Crippen molar-refractivity contribution in [2.75, 3.05) is 26.2 Å². The lowest BCUT2D eigenvalue weighted by Gasteiger charge is -2.34. The van der Waals surface area contributed by atoms with Gasteiger partial charge in [0.1, 0.15) is 11.5 Å². The SMILES string of the molecule is Oc1ccc2c(c1)[C@H](c1ccc(CCCCN3CCCCC3)cc1)[C@H](c1ccccc1)CO2. The molecule has 0 bridgehead atoms. The number of likely N-dealkylation sites (tertiary alicyclic amines) is 1. The van der Waals surface area contributed by atoms with Crippen molar-refractivity contribution in [2.45, 2.75) is 50.4 Å². The molecule has 2 aliphatic rings. The number of fused-ring (bicyclic) bond motifs is 1. The highest BCUT2D eigenvalue weighted by atomic mass is 16.5. The molecule has 0 radical (unpaired) electrons. The molecule has 0 aromatic heterocycles. The summed E-state index contributed by atoms with van der Waals surface area (Å²) >= 11 is 0. The molecular weight excluding hydrogens is 406 g/mol. The molecule has 1 N–H and O–H groups in total. The maximum absolute atomic E-state index is 10.2. The summed E-state index contributed by atoms with van der Waals surface area (Å²) in [6, 6.07) is 25.3. The standard InChI is InChI=1S/C30H35NO2/c32-26-16-17-29-27(21-26)30(28(22-33-29)24-10-3-1-4-11-24)25-14-12-23(13-15-25)9-5-8-20-31-18-6-2-7-19-31/h1,3-4,10-17,21,28,30,32H,2,5-9,18-20,22H2/t28-,30-/m0/s1. The Labute approximate surface area is 198 Å². The summed E-state index contributed by atoms with van der Waals surface area (Å²) in [5.74, 6) is 1.56. The quantitative estimate of drug-likeness (QED) is 0.424. The summed E-state index contributed by atoms with van der Waals surface area (Å²) in [7, 11) is 0. The molecular formula is C30H35NO2. The van der Waals surface area contributed by atoms with Crippen LogP contribution in [0.15, 0.2) is 72.8 Å². The molecule has 1 fully saturated rings. The van der Waals surface area contributed by atoms with Crippen molar-refractivity contribution in [3.05, 3.63) is 95.1 Å². The van der Waals surface area contributed by atoms with Gasteiger partial charge in [-0.3, -0.25) is 0 Å². The van der Waals surface area contributed by atoms with Crippen LogP contribution in [-0.4, -0.2) is 36.2 Å². The first kappa shape index (κ1) is 22.0. The fourth-order valence-electron chi connectivity index (χ4n) is 5.54. The normalized spacial score (nSPS) is 20.7. The number of nitrogens with zero attached hydrogens (tertiary/aromatic N) is 1. The van der Waals surface area contributed by atoms with Gasteiger partial charge in [-0.1, -0.05) is 61.0 Å². The third-order valence-corrected chi connectivity index (χ3v) is 7.35. The van der Waals surface area contributed by atoms with Crippen molar-refractivity contribution >= 4 is 0 Å². The smallest absolute Gasteiger partial charge is 0.123 e. The van der Waals surface area contributed by atoms with Gasteiger partial charge in [0.05, 0.1) is 6.61 Å². The molecule has 2 atom stereocenters. The zero-order valence-corrected chi connectivity index (χ0v) is 19.5. The van der Waals surface area contributed by atoms with E-state index >= 15 is 0 Å². The minimum Gasteiger partial charge on any atom is -0.508 e. The Kier molecular flexibility index (Phi) is 6.97. The Hall–Kier alpha value is -2.78. The number of rotatable bonds is 7. The minimum atomic E-state index is 0.163. The molecule has 0 saturated carbocycles. The van der Waals surface area contributed by atoms with Crippen molar-refractivity contribution < 1.29 is 9.84 Å². The first-order valence-corrected chi connectivity index (χ1v) is 12.6. The molecule has 0 unspecified atom stereocenters. The summed E-state index contributed by atoms with van der Waals surface area (Å²) in [6.07, 6.45) is 7.82. The Balaban J connectivity index is 1.31. The van der Waals surface area contributed by atoms with Crippen LogP contribution in [0.1, 0.15) is 66.2 Å². The molecule has 3 aromatic rings. The van der Waals surface area contributed by atoms with Gasteiger partial charge >= 0.3 is 0 Å². The van der Waals surface area contributed by atoms with E-state index in [1.165, 1.54) is 68.4 Å². The summed E-state index contributed by atoms with van der Waals surface area (Å²) < 4.78 is 6.12. The molecule has 3 aromatic carbocycles. The second-order valence-electron chi connectivity index (χ2n) is 9.63. The molecule has 3 nitrogen and oxygen atoms in total. The molecule has 1 saturated heterocycles. The molecule has 0 amide bonds. The van der Waals surface area contributed by atoms with Crippen LogP contribution >= 0.6 is 0 Å². The lowest BCUT2D eigenvalue weighted by atomic mass is 9.75. The molecule has 172 valence electrons. The maximum atomic E-state index is 10.2. The monoisotopic (exact) mass is 441 g/mol. The van der Waals surface area contributed by atoms with Crippen LogP contribution in [0.5, 0.6) is 11.5 Å². The average molecular weight is 442 g/mol. The van der Waals surface area contributed by atoms with Crippen molar-refractivity contribution in [3.8, 4) is 11.5 Å². The fourth-order valence-corrected chi connectivity index (χ4v) is 5.54. The van der Waals surface area contributed by atoms with Crippen LogP contribution in [0.4, 0.5) is 0 Å². The highest BCUT2D eigenvalue weighted by molar-refractivity contribution is 5.50. The second-order valence-corrected chi connectivity index (χ2v) is 9.63. The van der Waals surface area contributed by atoms with E-state index in [2.05, 4.69) is 59.5 Å². The van der Waals surface area contributed by atoms with Crippen LogP contribution in [0.25, 0.3) is 0 Å². The largest absolute Gasteiger partial charge is 0.508 e. The van der Waals surface area contributed by atoms with Gasteiger partial charge in [-0.25, -0.2) is 0 Å². The number of hydrogen-bond acceptors (Lipinski definition) is 3. The predicted molar refractivity (Wildman–Crippen MR) is 134 cm³/mol. The summed E-state index contributed by atoms with van der Waals surface area (Å²) in [6.45, 7) is 4.47. The van der Waals surface area contributed by atoms with E-state index in [0.29, 0.717) is 12.4 Å². The highest BCUT2D eigenvalue weighted by Crippen LogP contribution is 2.47. The third kappa shape index (κ3) is 5.25. The highest BCUT2D eigenvalue weighted by Gasteiger charge is 2.33. The van der Waals surface area contributed by atoms with E-state index < -0.39 is 0 Å². The number of aryl methyl sites for hydroxylation is 1. The summed E-state index contributed by atoms with van der Waals surface area (Å²) in [5, 5.41) is 10.2. The molecule has 5 rings (SSSR count). The minimum absolute atomic E-state index is 0.163. The first-order chi connectivity index (χ1) is 16.3. The van der Waals surface area contributed by atoms with Gasteiger partial charge in [-0.05, 0) is 86.6 Å². The van der Waals surface area contributed by atoms with E-state index in [4.69, 9.17) is 4.74 Å². The van der Waals surface area contributed by atoms with Gasteiger partial charge in [0.25, 0.3) is 0 Å².